The monoisotopic (exact) mass is 436 g/mol. The van der Waals surface area contributed by atoms with E-state index in [0.717, 1.165) is 50.0 Å². The summed E-state index contributed by atoms with van der Waals surface area (Å²) < 4.78 is 10.9. The van der Waals surface area contributed by atoms with E-state index >= 15 is 0 Å². The van der Waals surface area contributed by atoms with Crippen LogP contribution in [0.1, 0.15) is 41.1 Å². The lowest BCUT2D eigenvalue weighted by Gasteiger charge is -2.34. The van der Waals surface area contributed by atoms with E-state index in [0.29, 0.717) is 23.7 Å². The van der Waals surface area contributed by atoms with Crippen molar-refractivity contribution in [3.63, 3.8) is 0 Å². The van der Waals surface area contributed by atoms with Crippen LogP contribution >= 0.6 is 0 Å². The molecule has 1 unspecified atom stereocenters. The molecule has 32 heavy (non-hydrogen) atoms. The van der Waals surface area contributed by atoms with Crippen LogP contribution in [0.2, 0.25) is 0 Å². The van der Waals surface area contributed by atoms with E-state index in [9.17, 15) is 14.7 Å². The Bertz CT molecular complexity index is 1020. The van der Waals surface area contributed by atoms with Crippen LogP contribution in [0.3, 0.4) is 0 Å². The number of likely N-dealkylation sites (tertiary alicyclic amines) is 1. The molecule has 1 amide bonds. The first kappa shape index (κ1) is 21.0. The number of benzene rings is 2. The first-order valence-electron chi connectivity index (χ1n) is 11.2. The highest BCUT2D eigenvalue weighted by Crippen LogP contribution is 2.65. The van der Waals surface area contributed by atoms with Gasteiger partial charge in [0.2, 0.25) is 0 Å². The van der Waals surface area contributed by atoms with Crippen molar-refractivity contribution in [3.05, 3.63) is 53.6 Å². The molecule has 2 aliphatic heterocycles. The van der Waals surface area contributed by atoms with Crippen LogP contribution in [0.15, 0.2) is 42.5 Å². The van der Waals surface area contributed by atoms with Gasteiger partial charge in [0.05, 0.1) is 19.3 Å². The van der Waals surface area contributed by atoms with Crippen molar-refractivity contribution in [3.8, 4) is 16.9 Å². The van der Waals surface area contributed by atoms with Gasteiger partial charge in [0, 0.05) is 25.2 Å². The van der Waals surface area contributed by atoms with Gasteiger partial charge in [0.25, 0.3) is 5.91 Å². The predicted molar refractivity (Wildman–Crippen MR) is 119 cm³/mol. The number of carbonyl (C=O) groups excluding carboxylic acids is 1. The smallest absolute Gasteiger partial charge is 0.335 e. The number of amides is 1. The van der Waals surface area contributed by atoms with Gasteiger partial charge in [-0.15, -0.1) is 0 Å². The fourth-order valence-corrected chi connectivity index (χ4v) is 5.26. The Morgan fingerprint density at radius 1 is 1.16 bits per heavy atom. The minimum atomic E-state index is -0.953. The summed E-state index contributed by atoms with van der Waals surface area (Å²) >= 11 is 0. The summed E-state index contributed by atoms with van der Waals surface area (Å²) in [6.45, 7) is 2.90. The molecule has 3 fully saturated rings. The highest BCUT2D eigenvalue weighted by atomic mass is 16.5. The number of carboxylic acids is 1. The number of hydrogen-bond acceptors (Lipinski definition) is 5. The maximum absolute atomic E-state index is 12.6. The largest absolute Gasteiger partial charge is 0.496 e. The molecule has 2 atom stereocenters. The first-order chi connectivity index (χ1) is 15.5. The molecule has 2 N–H and O–H groups in total. The fraction of sp³-hybridized carbons (Fsp3) is 0.440. The fourth-order valence-electron chi connectivity index (χ4n) is 5.26. The number of nitrogens with one attached hydrogen (secondary N) is 1. The number of nitrogens with zero attached hydrogens (tertiary/aromatic N) is 1. The van der Waals surface area contributed by atoms with Crippen molar-refractivity contribution in [2.24, 2.45) is 5.41 Å². The Morgan fingerprint density at radius 2 is 1.91 bits per heavy atom. The molecule has 7 nitrogen and oxygen atoms in total. The van der Waals surface area contributed by atoms with Crippen LogP contribution in [-0.4, -0.2) is 61.5 Å². The van der Waals surface area contributed by atoms with Gasteiger partial charge < -0.3 is 19.5 Å². The molecule has 2 saturated heterocycles. The van der Waals surface area contributed by atoms with E-state index in [1.165, 1.54) is 5.56 Å². The summed E-state index contributed by atoms with van der Waals surface area (Å²) in [4.78, 5) is 25.9. The Labute approximate surface area is 187 Å². The summed E-state index contributed by atoms with van der Waals surface area (Å²) in [6, 6.07) is 13.3. The molecule has 1 aliphatic carbocycles. The minimum absolute atomic E-state index is 0.0661. The van der Waals surface area contributed by atoms with Crippen LogP contribution < -0.4 is 10.1 Å². The molecule has 2 heterocycles. The normalized spacial score (nSPS) is 23.8. The molecule has 1 spiro atoms. The van der Waals surface area contributed by atoms with E-state index in [1.54, 1.807) is 25.3 Å². The number of carbonyl (C=O) groups is 2. The topological polar surface area (TPSA) is 88.1 Å². The van der Waals surface area contributed by atoms with Gasteiger partial charge in [0.15, 0.2) is 6.23 Å². The molecule has 5 rings (SSSR count). The Balaban J connectivity index is 1.26. The van der Waals surface area contributed by atoms with Crippen molar-refractivity contribution < 1.29 is 24.2 Å². The van der Waals surface area contributed by atoms with Gasteiger partial charge >= 0.3 is 5.97 Å². The van der Waals surface area contributed by atoms with Gasteiger partial charge in [-0.1, -0.05) is 24.3 Å². The molecule has 0 bridgehead atoms. The highest BCUT2D eigenvalue weighted by Gasteiger charge is 2.55. The van der Waals surface area contributed by atoms with E-state index in [4.69, 9.17) is 9.47 Å². The van der Waals surface area contributed by atoms with E-state index in [-0.39, 0.29) is 11.5 Å². The lowest BCUT2D eigenvalue weighted by molar-refractivity contribution is -0.143. The third kappa shape index (κ3) is 3.76. The molecular weight excluding hydrogens is 408 g/mol. The Hall–Kier alpha value is -2.90. The molecule has 2 aromatic carbocycles. The summed E-state index contributed by atoms with van der Waals surface area (Å²) in [6.07, 6.45) is 2.73. The Kier molecular flexibility index (Phi) is 5.39. The lowest BCUT2D eigenvalue weighted by atomic mass is 9.88. The number of methoxy groups -OCH3 is 1. The van der Waals surface area contributed by atoms with Gasteiger partial charge in [-0.05, 0) is 59.9 Å². The van der Waals surface area contributed by atoms with Gasteiger partial charge in [-0.25, -0.2) is 4.79 Å². The Morgan fingerprint density at radius 3 is 2.53 bits per heavy atom. The summed E-state index contributed by atoms with van der Waals surface area (Å²) in [5, 5.41) is 12.4. The SMILES string of the molecule is COc1ccc(C(=O)O)cc1-c1ccc([C@@H]2CC23CCN(C(=O)C2NCCO2)CC3)cc1. The zero-order valence-corrected chi connectivity index (χ0v) is 18.2. The van der Waals surface area contributed by atoms with Crippen molar-refractivity contribution in [2.45, 2.75) is 31.4 Å². The summed E-state index contributed by atoms with van der Waals surface area (Å²) in [7, 11) is 1.59. The molecule has 7 heteroatoms. The number of aromatic carboxylic acids is 1. The molecule has 0 radical (unpaired) electrons. The molecular formula is C25H28N2O5. The molecule has 168 valence electrons. The standard InChI is InChI=1S/C25H28N2O5/c1-31-21-7-6-18(24(29)30)14-19(21)16-2-4-17(5-3-16)20-15-25(20)8-11-27(12-9-25)23(28)22-26-10-13-32-22/h2-7,14,20,22,26H,8-13,15H2,1H3,(H,29,30)/t20-,22?/m0/s1. The number of piperidine rings is 1. The minimum Gasteiger partial charge on any atom is -0.496 e. The third-order valence-electron chi connectivity index (χ3n) is 7.27. The van der Waals surface area contributed by atoms with Crippen LogP contribution in [0, 0.1) is 5.41 Å². The van der Waals surface area contributed by atoms with Crippen molar-refractivity contribution in [1.29, 1.82) is 0 Å². The predicted octanol–water partition coefficient (Wildman–Crippen LogP) is 3.10. The molecule has 1 saturated carbocycles. The summed E-state index contributed by atoms with van der Waals surface area (Å²) in [5.41, 5.74) is 3.56. The van der Waals surface area contributed by atoms with Crippen LogP contribution in [-0.2, 0) is 9.53 Å². The lowest BCUT2D eigenvalue weighted by Crippen LogP contribution is -2.48. The third-order valence-corrected chi connectivity index (χ3v) is 7.27. The van der Waals surface area contributed by atoms with Crippen molar-refractivity contribution >= 4 is 11.9 Å². The second-order valence-electron chi connectivity index (χ2n) is 8.99. The second-order valence-corrected chi connectivity index (χ2v) is 8.99. The number of rotatable bonds is 5. The quantitative estimate of drug-likeness (QED) is 0.749. The zero-order chi connectivity index (χ0) is 22.3. The number of hydrogen-bond donors (Lipinski definition) is 2. The number of ether oxygens (including phenoxy) is 2. The maximum atomic E-state index is 12.6. The van der Waals surface area contributed by atoms with Gasteiger partial charge in [-0.3, -0.25) is 10.1 Å². The average Bonchev–Trinajstić information content (AvgIpc) is 3.24. The first-order valence-corrected chi connectivity index (χ1v) is 11.2. The van der Waals surface area contributed by atoms with E-state index in [1.807, 2.05) is 17.0 Å². The maximum Gasteiger partial charge on any atom is 0.335 e. The van der Waals surface area contributed by atoms with Gasteiger partial charge in [-0.2, -0.15) is 0 Å². The zero-order valence-electron chi connectivity index (χ0n) is 18.2. The molecule has 3 aliphatic rings. The molecule has 0 aromatic heterocycles. The van der Waals surface area contributed by atoms with E-state index < -0.39 is 12.2 Å². The van der Waals surface area contributed by atoms with Crippen molar-refractivity contribution in [1.82, 2.24) is 10.2 Å². The van der Waals surface area contributed by atoms with E-state index in [2.05, 4.69) is 17.4 Å². The van der Waals surface area contributed by atoms with Gasteiger partial charge in [0.1, 0.15) is 5.75 Å². The highest BCUT2D eigenvalue weighted by molar-refractivity contribution is 5.90. The average molecular weight is 437 g/mol. The van der Waals surface area contributed by atoms with Crippen LogP contribution in [0.25, 0.3) is 11.1 Å². The molecule has 2 aromatic rings. The van der Waals surface area contributed by atoms with Crippen LogP contribution in [0.5, 0.6) is 5.75 Å². The number of carboxylic acid groups (broad SMARTS) is 1. The summed E-state index contributed by atoms with van der Waals surface area (Å²) in [5.74, 6) is 0.285. The van der Waals surface area contributed by atoms with Crippen molar-refractivity contribution in [2.75, 3.05) is 33.4 Å². The van der Waals surface area contributed by atoms with Crippen LogP contribution in [0.4, 0.5) is 0 Å². The second kappa shape index (κ2) is 8.22.